The molecular weight excluding hydrogens is 276 g/mol. The van der Waals surface area contributed by atoms with Crippen LogP contribution in [-0.2, 0) is 16.4 Å². The maximum Gasteiger partial charge on any atom is 0.276 e. The molecule has 0 bridgehead atoms. The van der Waals surface area contributed by atoms with E-state index in [2.05, 4.69) is 0 Å². The van der Waals surface area contributed by atoms with Crippen molar-refractivity contribution in [2.24, 2.45) is 5.73 Å². The summed E-state index contributed by atoms with van der Waals surface area (Å²) in [5.41, 5.74) is 6.60. The first-order valence-electron chi connectivity index (χ1n) is 6.42. The molecule has 1 aromatic heterocycles. The summed E-state index contributed by atoms with van der Waals surface area (Å²) >= 11 is 0. The fourth-order valence-electron chi connectivity index (χ4n) is 1.93. The summed E-state index contributed by atoms with van der Waals surface area (Å²) in [4.78, 5) is 0. The lowest BCUT2D eigenvalue weighted by molar-refractivity contribution is 0.385. The molecule has 0 unspecified atom stereocenters. The lowest BCUT2D eigenvalue weighted by atomic mass is 10.1. The predicted octanol–water partition coefficient (Wildman–Crippen LogP) is 1.47. The van der Waals surface area contributed by atoms with Crippen LogP contribution in [0.2, 0.25) is 0 Å². The number of furan rings is 1. The van der Waals surface area contributed by atoms with Gasteiger partial charge in [0.25, 0.3) is 10.0 Å². The van der Waals surface area contributed by atoms with Gasteiger partial charge in [0, 0.05) is 19.6 Å². The molecule has 6 heteroatoms. The third kappa shape index (κ3) is 3.47. The van der Waals surface area contributed by atoms with Crippen LogP contribution in [0.15, 0.2) is 58.2 Å². The van der Waals surface area contributed by atoms with Crippen LogP contribution in [0, 0.1) is 0 Å². The molecule has 0 atom stereocenters. The van der Waals surface area contributed by atoms with Crippen LogP contribution < -0.4 is 5.73 Å². The van der Waals surface area contributed by atoms with Crippen LogP contribution in [0.1, 0.15) is 5.56 Å². The van der Waals surface area contributed by atoms with Gasteiger partial charge in [-0.3, -0.25) is 0 Å². The Morgan fingerprint density at radius 3 is 2.40 bits per heavy atom. The van der Waals surface area contributed by atoms with Crippen LogP contribution in [0.3, 0.4) is 0 Å². The van der Waals surface area contributed by atoms with Crippen LogP contribution in [-0.4, -0.2) is 32.4 Å². The highest BCUT2D eigenvalue weighted by molar-refractivity contribution is 7.89. The molecule has 2 rings (SSSR count). The molecule has 1 heterocycles. The van der Waals surface area contributed by atoms with Crippen molar-refractivity contribution in [2.45, 2.75) is 11.5 Å². The van der Waals surface area contributed by atoms with E-state index in [1.165, 1.54) is 16.6 Å². The van der Waals surface area contributed by atoms with Crippen LogP contribution in [0.25, 0.3) is 0 Å². The standard InChI is InChI=1S/C14H18N2O3S/c15-9-11-16(10-8-13-5-2-1-3-6-13)20(17,18)14-7-4-12-19-14/h1-7,12H,8-11,15H2. The van der Waals surface area contributed by atoms with Crippen molar-refractivity contribution in [1.29, 1.82) is 0 Å². The number of hydrogen-bond donors (Lipinski definition) is 1. The molecule has 0 saturated carbocycles. The zero-order valence-corrected chi connectivity index (χ0v) is 11.9. The van der Waals surface area contributed by atoms with E-state index in [-0.39, 0.29) is 18.2 Å². The van der Waals surface area contributed by atoms with E-state index in [1.54, 1.807) is 6.07 Å². The van der Waals surface area contributed by atoms with E-state index in [9.17, 15) is 8.42 Å². The van der Waals surface area contributed by atoms with E-state index in [0.29, 0.717) is 13.0 Å². The molecule has 108 valence electrons. The highest BCUT2D eigenvalue weighted by atomic mass is 32.2. The van der Waals surface area contributed by atoms with E-state index < -0.39 is 10.0 Å². The Kier molecular flexibility index (Phi) is 4.94. The number of sulfonamides is 1. The molecule has 5 nitrogen and oxygen atoms in total. The molecule has 0 fully saturated rings. The Morgan fingerprint density at radius 2 is 1.80 bits per heavy atom. The first-order chi connectivity index (χ1) is 9.64. The summed E-state index contributed by atoms with van der Waals surface area (Å²) in [6.45, 7) is 0.925. The normalized spacial score (nSPS) is 11.9. The molecule has 0 aliphatic rings. The van der Waals surface area contributed by atoms with Gasteiger partial charge in [0.2, 0.25) is 5.09 Å². The van der Waals surface area contributed by atoms with Crippen molar-refractivity contribution in [3.05, 3.63) is 54.3 Å². The van der Waals surface area contributed by atoms with Crippen molar-refractivity contribution >= 4 is 10.0 Å². The third-order valence-electron chi connectivity index (χ3n) is 2.96. The summed E-state index contributed by atoms with van der Waals surface area (Å²) < 4.78 is 31.1. The molecule has 0 amide bonds. The lowest BCUT2D eigenvalue weighted by Crippen LogP contribution is -2.36. The molecule has 0 aliphatic heterocycles. The number of hydrogen-bond acceptors (Lipinski definition) is 4. The smallest absolute Gasteiger partial charge is 0.276 e. The second-order valence-electron chi connectivity index (χ2n) is 4.36. The molecule has 0 saturated heterocycles. The van der Waals surface area contributed by atoms with Gasteiger partial charge in [0.15, 0.2) is 0 Å². The topological polar surface area (TPSA) is 76.5 Å². The van der Waals surface area contributed by atoms with E-state index >= 15 is 0 Å². The minimum Gasteiger partial charge on any atom is -0.452 e. The van der Waals surface area contributed by atoms with Gasteiger partial charge >= 0.3 is 0 Å². The Hall–Kier alpha value is -1.63. The van der Waals surface area contributed by atoms with Crippen LogP contribution >= 0.6 is 0 Å². The lowest BCUT2D eigenvalue weighted by Gasteiger charge is -2.20. The third-order valence-corrected chi connectivity index (χ3v) is 4.75. The van der Waals surface area contributed by atoms with Gasteiger partial charge in [0.05, 0.1) is 6.26 Å². The quantitative estimate of drug-likeness (QED) is 0.839. The summed E-state index contributed by atoms with van der Waals surface area (Å²) in [6, 6.07) is 12.8. The highest BCUT2D eigenvalue weighted by Gasteiger charge is 2.25. The minimum absolute atomic E-state index is 0.0426. The summed E-state index contributed by atoms with van der Waals surface area (Å²) in [5.74, 6) is 0. The fraction of sp³-hybridized carbons (Fsp3) is 0.286. The maximum absolute atomic E-state index is 12.4. The van der Waals surface area contributed by atoms with Gasteiger partial charge < -0.3 is 10.2 Å². The number of rotatable bonds is 7. The summed E-state index contributed by atoms with van der Waals surface area (Å²) in [5, 5.41) is -0.0426. The zero-order chi connectivity index (χ0) is 14.4. The summed E-state index contributed by atoms with van der Waals surface area (Å²) in [6.07, 6.45) is 1.99. The number of nitrogens with two attached hydrogens (primary N) is 1. The van der Waals surface area contributed by atoms with E-state index in [1.807, 2.05) is 30.3 Å². The average molecular weight is 294 g/mol. The second-order valence-corrected chi connectivity index (χ2v) is 6.23. The van der Waals surface area contributed by atoms with Gasteiger partial charge in [-0.1, -0.05) is 30.3 Å². The summed E-state index contributed by atoms with van der Waals surface area (Å²) in [7, 11) is -3.60. The number of benzene rings is 1. The predicted molar refractivity (Wildman–Crippen MR) is 76.7 cm³/mol. The van der Waals surface area contributed by atoms with Gasteiger partial charge in [0.1, 0.15) is 0 Å². The van der Waals surface area contributed by atoms with Crippen molar-refractivity contribution in [3.8, 4) is 0 Å². The van der Waals surface area contributed by atoms with Gasteiger partial charge in [-0.15, -0.1) is 0 Å². The molecule has 1 aromatic carbocycles. The zero-order valence-electron chi connectivity index (χ0n) is 11.1. The first-order valence-corrected chi connectivity index (χ1v) is 7.86. The molecule has 20 heavy (non-hydrogen) atoms. The van der Waals surface area contributed by atoms with Crippen molar-refractivity contribution in [2.75, 3.05) is 19.6 Å². The Morgan fingerprint density at radius 1 is 1.05 bits per heavy atom. The van der Waals surface area contributed by atoms with Crippen LogP contribution in [0.5, 0.6) is 0 Å². The Bertz CT molecular complexity index is 609. The molecular formula is C14H18N2O3S. The van der Waals surface area contributed by atoms with Crippen molar-refractivity contribution in [1.82, 2.24) is 4.31 Å². The molecule has 0 spiro atoms. The van der Waals surface area contributed by atoms with Gasteiger partial charge in [-0.2, -0.15) is 4.31 Å². The number of nitrogens with zero attached hydrogens (tertiary/aromatic N) is 1. The molecule has 2 aromatic rings. The molecule has 2 N–H and O–H groups in total. The second kappa shape index (κ2) is 6.69. The maximum atomic E-state index is 12.4. The van der Waals surface area contributed by atoms with Crippen LogP contribution in [0.4, 0.5) is 0 Å². The van der Waals surface area contributed by atoms with Crippen molar-refractivity contribution < 1.29 is 12.8 Å². The Labute approximate surface area is 119 Å². The largest absolute Gasteiger partial charge is 0.452 e. The van der Waals surface area contributed by atoms with Gasteiger partial charge in [-0.25, -0.2) is 8.42 Å². The van der Waals surface area contributed by atoms with Crippen molar-refractivity contribution in [3.63, 3.8) is 0 Å². The first kappa shape index (κ1) is 14.8. The van der Waals surface area contributed by atoms with Gasteiger partial charge in [-0.05, 0) is 24.1 Å². The Balaban J connectivity index is 2.11. The van der Waals surface area contributed by atoms with E-state index in [4.69, 9.17) is 10.2 Å². The SMILES string of the molecule is NCCN(CCc1ccccc1)S(=O)(=O)c1ccco1. The fourth-order valence-corrected chi connectivity index (χ4v) is 3.29. The van der Waals surface area contributed by atoms with E-state index in [0.717, 1.165) is 5.56 Å². The molecule has 0 radical (unpaired) electrons. The highest BCUT2D eigenvalue weighted by Crippen LogP contribution is 2.16. The minimum atomic E-state index is -3.60. The average Bonchev–Trinajstić information content (AvgIpc) is 2.99. The molecule has 0 aliphatic carbocycles. The monoisotopic (exact) mass is 294 g/mol.